The van der Waals surface area contributed by atoms with Crippen molar-refractivity contribution in [1.29, 1.82) is 0 Å². The van der Waals surface area contributed by atoms with Crippen molar-refractivity contribution >= 4 is 21.8 Å². The summed E-state index contributed by atoms with van der Waals surface area (Å²) in [6.45, 7) is 3.43. The summed E-state index contributed by atoms with van der Waals surface area (Å²) in [5.41, 5.74) is 3.76. The Hall–Kier alpha value is -1.69. The van der Waals surface area contributed by atoms with Crippen molar-refractivity contribution in [2.75, 3.05) is 6.54 Å². The third-order valence-electron chi connectivity index (χ3n) is 3.68. The van der Waals surface area contributed by atoms with Crippen LogP contribution in [-0.2, 0) is 20.0 Å². The predicted molar refractivity (Wildman–Crippen MR) is 78.3 cm³/mol. The van der Waals surface area contributed by atoms with E-state index < -0.39 is 0 Å². The fourth-order valence-electron chi connectivity index (χ4n) is 2.51. The van der Waals surface area contributed by atoms with Crippen molar-refractivity contribution in [3.63, 3.8) is 0 Å². The van der Waals surface area contributed by atoms with Gasteiger partial charge in [0, 0.05) is 24.6 Å². The Morgan fingerprint density at radius 3 is 2.85 bits per heavy atom. The standard InChI is InChI=1S/C14H15BrN4O/c1-9-5-10-3-4-19(7-11(10)6-12(9)15)14(20)13-16-8-17-18(13)2/h5-6,8H,3-4,7H2,1-2H3. The SMILES string of the molecule is Cc1cc2c(cc1Br)CN(C(=O)c1ncnn1C)CC2. The van der Waals surface area contributed by atoms with Crippen molar-refractivity contribution in [3.05, 3.63) is 45.4 Å². The zero-order valence-corrected chi connectivity index (χ0v) is 13.0. The largest absolute Gasteiger partial charge is 0.331 e. The predicted octanol–water partition coefficient (Wildman–Crippen LogP) is 2.08. The molecule has 0 aliphatic carbocycles. The normalized spacial score (nSPS) is 14.2. The first-order valence-electron chi connectivity index (χ1n) is 6.47. The molecule has 3 rings (SSSR count). The van der Waals surface area contributed by atoms with Crippen LogP contribution < -0.4 is 0 Å². The van der Waals surface area contributed by atoms with Crippen LogP contribution in [-0.4, -0.2) is 32.1 Å². The monoisotopic (exact) mass is 334 g/mol. The Morgan fingerprint density at radius 1 is 1.35 bits per heavy atom. The molecule has 0 spiro atoms. The van der Waals surface area contributed by atoms with E-state index in [1.165, 1.54) is 27.7 Å². The number of fused-ring (bicyclic) bond motifs is 1. The minimum Gasteiger partial charge on any atom is -0.331 e. The molecular formula is C14H15BrN4O. The maximum atomic E-state index is 12.4. The van der Waals surface area contributed by atoms with E-state index in [0.29, 0.717) is 12.4 Å². The Morgan fingerprint density at radius 2 is 2.15 bits per heavy atom. The number of halogens is 1. The van der Waals surface area contributed by atoms with Gasteiger partial charge in [0.1, 0.15) is 6.33 Å². The van der Waals surface area contributed by atoms with Crippen LogP contribution in [0.3, 0.4) is 0 Å². The molecule has 6 heteroatoms. The highest BCUT2D eigenvalue weighted by atomic mass is 79.9. The summed E-state index contributed by atoms with van der Waals surface area (Å²) in [5, 5.41) is 3.95. The zero-order valence-electron chi connectivity index (χ0n) is 11.4. The van der Waals surface area contributed by atoms with E-state index in [1.54, 1.807) is 7.05 Å². The molecule has 5 nitrogen and oxygen atoms in total. The first kappa shape index (κ1) is 13.3. The average Bonchev–Trinajstić information content (AvgIpc) is 2.85. The average molecular weight is 335 g/mol. The number of benzene rings is 1. The minimum atomic E-state index is -0.0626. The van der Waals surface area contributed by atoms with Crippen LogP contribution in [0.2, 0.25) is 0 Å². The number of aromatic nitrogens is 3. The molecule has 20 heavy (non-hydrogen) atoms. The Bertz CT molecular complexity index is 680. The first-order valence-corrected chi connectivity index (χ1v) is 7.26. The molecule has 0 bridgehead atoms. The van der Waals surface area contributed by atoms with Crippen LogP contribution in [0, 0.1) is 6.92 Å². The van der Waals surface area contributed by atoms with Crippen LogP contribution in [0.5, 0.6) is 0 Å². The number of hydrogen-bond acceptors (Lipinski definition) is 3. The maximum absolute atomic E-state index is 12.4. The summed E-state index contributed by atoms with van der Waals surface area (Å²) in [5.74, 6) is 0.326. The lowest BCUT2D eigenvalue weighted by Gasteiger charge is -2.29. The van der Waals surface area contributed by atoms with E-state index in [9.17, 15) is 4.79 Å². The molecule has 0 N–H and O–H groups in total. The van der Waals surface area contributed by atoms with Crippen LogP contribution >= 0.6 is 15.9 Å². The lowest BCUT2D eigenvalue weighted by molar-refractivity contribution is 0.0717. The van der Waals surface area contributed by atoms with Gasteiger partial charge in [0.15, 0.2) is 0 Å². The number of amides is 1. The van der Waals surface area contributed by atoms with Gasteiger partial charge in [-0.15, -0.1) is 0 Å². The summed E-state index contributed by atoms with van der Waals surface area (Å²) in [4.78, 5) is 18.3. The van der Waals surface area contributed by atoms with Gasteiger partial charge in [0.05, 0.1) is 0 Å². The molecule has 0 unspecified atom stereocenters. The fourth-order valence-corrected chi connectivity index (χ4v) is 2.90. The molecule has 0 radical (unpaired) electrons. The number of carbonyl (C=O) groups excluding carboxylic acids is 1. The molecule has 0 saturated carbocycles. The highest BCUT2D eigenvalue weighted by Crippen LogP contribution is 2.26. The molecule has 1 aliphatic rings. The Labute approximate surface area is 125 Å². The summed E-state index contributed by atoms with van der Waals surface area (Å²) >= 11 is 3.55. The summed E-state index contributed by atoms with van der Waals surface area (Å²) in [6.07, 6.45) is 2.29. The van der Waals surface area contributed by atoms with Crippen molar-refractivity contribution in [1.82, 2.24) is 19.7 Å². The minimum absolute atomic E-state index is 0.0626. The van der Waals surface area contributed by atoms with Gasteiger partial charge in [-0.2, -0.15) is 5.10 Å². The van der Waals surface area contributed by atoms with Crippen molar-refractivity contribution in [3.8, 4) is 0 Å². The molecule has 0 fully saturated rings. The van der Waals surface area contributed by atoms with Crippen LogP contribution in [0.15, 0.2) is 22.9 Å². The van der Waals surface area contributed by atoms with Crippen LogP contribution in [0.25, 0.3) is 0 Å². The molecule has 2 heterocycles. The molecular weight excluding hydrogens is 320 g/mol. The van der Waals surface area contributed by atoms with Crippen molar-refractivity contribution < 1.29 is 4.79 Å². The van der Waals surface area contributed by atoms with E-state index in [0.717, 1.165) is 17.4 Å². The second-order valence-electron chi connectivity index (χ2n) is 5.05. The van der Waals surface area contributed by atoms with Gasteiger partial charge in [-0.25, -0.2) is 9.67 Å². The molecule has 1 aromatic heterocycles. The molecule has 0 atom stereocenters. The Kier molecular flexibility index (Phi) is 3.33. The smallest absolute Gasteiger partial charge is 0.291 e. The number of carbonyl (C=O) groups is 1. The number of rotatable bonds is 1. The molecule has 2 aromatic rings. The van der Waals surface area contributed by atoms with Gasteiger partial charge in [-0.1, -0.05) is 22.0 Å². The van der Waals surface area contributed by atoms with Crippen LogP contribution in [0.4, 0.5) is 0 Å². The summed E-state index contributed by atoms with van der Waals surface area (Å²) in [6, 6.07) is 4.31. The molecule has 1 aliphatic heterocycles. The highest BCUT2D eigenvalue weighted by molar-refractivity contribution is 9.10. The van der Waals surface area contributed by atoms with Crippen molar-refractivity contribution in [2.24, 2.45) is 7.05 Å². The third kappa shape index (κ3) is 2.24. The maximum Gasteiger partial charge on any atom is 0.291 e. The number of aryl methyl sites for hydroxylation is 2. The quantitative estimate of drug-likeness (QED) is 0.802. The van der Waals surface area contributed by atoms with Crippen LogP contribution in [0.1, 0.15) is 27.3 Å². The van der Waals surface area contributed by atoms with E-state index in [-0.39, 0.29) is 5.91 Å². The fraction of sp³-hybridized carbons (Fsp3) is 0.357. The van der Waals surface area contributed by atoms with Gasteiger partial charge in [0.25, 0.3) is 5.91 Å². The second-order valence-corrected chi connectivity index (χ2v) is 5.91. The van der Waals surface area contributed by atoms with Crippen molar-refractivity contribution in [2.45, 2.75) is 19.9 Å². The van der Waals surface area contributed by atoms with Gasteiger partial charge in [0.2, 0.25) is 5.82 Å². The molecule has 104 valence electrons. The summed E-state index contributed by atoms with van der Waals surface area (Å²) < 4.78 is 2.60. The van der Waals surface area contributed by atoms with Gasteiger partial charge < -0.3 is 4.90 Å². The lowest BCUT2D eigenvalue weighted by Crippen LogP contribution is -2.37. The lowest BCUT2D eigenvalue weighted by atomic mass is 9.97. The van der Waals surface area contributed by atoms with E-state index in [4.69, 9.17) is 0 Å². The topological polar surface area (TPSA) is 51.0 Å². The first-order chi connectivity index (χ1) is 9.56. The molecule has 1 amide bonds. The molecule has 0 saturated heterocycles. The van der Waals surface area contributed by atoms with Gasteiger partial charge in [-0.05, 0) is 36.1 Å². The van der Waals surface area contributed by atoms with E-state index >= 15 is 0 Å². The number of hydrogen-bond donors (Lipinski definition) is 0. The van der Waals surface area contributed by atoms with Gasteiger partial charge >= 0.3 is 0 Å². The third-order valence-corrected chi connectivity index (χ3v) is 4.54. The Balaban J connectivity index is 1.87. The van der Waals surface area contributed by atoms with E-state index in [2.05, 4.69) is 45.1 Å². The summed E-state index contributed by atoms with van der Waals surface area (Å²) in [7, 11) is 1.73. The molecule has 1 aromatic carbocycles. The highest BCUT2D eigenvalue weighted by Gasteiger charge is 2.25. The van der Waals surface area contributed by atoms with Gasteiger partial charge in [-0.3, -0.25) is 4.79 Å². The van der Waals surface area contributed by atoms with E-state index in [1.807, 2.05) is 4.90 Å². The second kappa shape index (κ2) is 5.01. The zero-order chi connectivity index (χ0) is 14.3. The number of nitrogens with zero attached hydrogens (tertiary/aromatic N) is 4.